The van der Waals surface area contributed by atoms with Gasteiger partial charge in [-0.15, -0.1) is 0 Å². The Morgan fingerprint density at radius 2 is 1.94 bits per heavy atom. The van der Waals surface area contributed by atoms with E-state index in [2.05, 4.69) is 5.32 Å². The summed E-state index contributed by atoms with van der Waals surface area (Å²) in [5.41, 5.74) is -0.561. The van der Waals surface area contributed by atoms with E-state index in [1.54, 1.807) is 20.8 Å². The first-order chi connectivity index (χ1) is 7.02. The highest BCUT2D eigenvalue weighted by molar-refractivity contribution is 8.14. The lowest BCUT2D eigenvalue weighted by Crippen LogP contribution is -2.34. The number of halogens is 1. The molecule has 0 fully saturated rings. The number of carbonyl (C=O) groups excluding carboxylic acids is 1. The van der Waals surface area contributed by atoms with Crippen LogP contribution in [0.15, 0.2) is 0 Å². The Morgan fingerprint density at radius 3 is 2.31 bits per heavy atom. The monoisotopic (exact) mass is 271 g/mol. The van der Waals surface area contributed by atoms with E-state index in [1.165, 1.54) is 6.92 Å². The van der Waals surface area contributed by atoms with Crippen LogP contribution in [0.3, 0.4) is 0 Å². The molecule has 0 bridgehead atoms. The first-order valence-electron chi connectivity index (χ1n) is 4.92. The van der Waals surface area contributed by atoms with Crippen LogP contribution in [0, 0.1) is 0 Å². The molecule has 0 rings (SSSR count). The molecule has 1 amide bonds. The number of carbonyl (C=O) groups is 1. The SMILES string of the molecule is CC(CCNC(=O)OC(C)(C)C)S(=O)(=O)Cl. The van der Waals surface area contributed by atoms with Gasteiger partial charge in [0.15, 0.2) is 0 Å². The molecule has 0 radical (unpaired) electrons. The maximum Gasteiger partial charge on any atom is 0.407 e. The minimum atomic E-state index is -3.56. The van der Waals surface area contributed by atoms with E-state index in [4.69, 9.17) is 15.4 Å². The van der Waals surface area contributed by atoms with Crippen molar-refractivity contribution in [1.82, 2.24) is 5.32 Å². The van der Waals surface area contributed by atoms with Crippen LogP contribution in [0.25, 0.3) is 0 Å². The van der Waals surface area contributed by atoms with Crippen molar-refractivity contribution in [3.05, 3.63) is 0 Å². The summed E-state index contributed by atoms with van der Waals surface area (Å²) in [6.07, 6.45) is -0.308. The fourth-order valence-corrected chi connectivity index (χ4v) is 1.50. The van der Waals surface area contributed by atoms with E-state index in [0.717, 1.165) is 0 Å². The largest absolute Gasteiger partial charge is 0.444 e. The van der Waals surface area contributed by atoms with Crippen molar-refractivity contribution in [3.63, 3.8) is 0 Å². The molecule has 96 valence electrons. The average Bonchev–Trinajstić information content (AvgIpc) is 1.98. The molecule has 0 aliphatic carbocycles. The number of amides is 1. The van der Waals surface area contributed by atoms with Gasteiger partial charge in [0, 0.05) is 17.2 Å². The standard InChI is InChI=1S/C9H18ClNO4S/c1-7(16(10,13)14)5-6-11-8(12)15-9(2,3)4/h7H,5-6H2,1-4H3,(H,11,12). The Kier molecular flexibility index (Phi) is 5.55. The first kappa shape index (κ1) is 15.5. The Balaban J connectivity index is 3.88. The van der Waals surface area contributed by atoms with Crippen LogP contribution in [0.5, 0.6) is 0 Å². The third kappa shape index (κ3) is 7.76. The number of ether oxygens (including phenoxy) is 1. The molecule has 0 heterocycles. The van der Waals surface area contributed by atoms with Crippen molar-refractivity contribution in [2.24, 2.45) is 0 Å². The normalized spacial score (nSPS) is 14.3. The zero-order chi connectivity index (χ0) is 13.0. The van der Waals surface area contributed by atoms with E-state index in [9.17, 15) is 13.2 Å². The molecule has 0 aliphatic rings. The number of nitrogens with one attached hydrogen (secondary N) is 1. The predicted molar refractivity (Wildman–Crippen MR) is 63.1 cm³/mol. The maximum atomic E-state index is 11.2. The van der Waals surface area contributed by atoms with Crippen LogP contribution in [0.4, 0.5) is 4.79 Å². The van der Waals surface area contributed by atoms with E-state index in [-0.39, 0.29) is 13.0 Å². The molecule has 1 unspecified atom stereocenters. The van der Waals surface area contributed by atoms with Gasteiger partial charge in [-0.2, -0.15) is 0 Å². The molecule has 0 saturated heterocycles. The highest BCUT2D eigenvalue weighted by Gasteiger charge is 2.19. The molecular weight excluding hydrogens is 254 g/mol. The Labute approximate surface area is 101 Å². The molecule has 16 heavy (non-hydrogen) atoms. The molecule has 1 N–H and O–H groups in total. The topological polar surface area (TPSA) is 72.5 Å². The average molecular weight is 272 g/mol. The van der Waals surface area contributed by atoms with Crippen LogP contribution in [-0.4, -0.2) is 31.9 Å². The van der Waals surface area contributed by atoms with Crippen LogP contribution in [-0.2, 0) is 13.8 Å². The van der Waals surface area contributed by atoms with Crippen molar-refractivity contribution < 1.29 is 17.9 Å². The van der Waals surface area contributed by atoms with Gasteiger partial charge in [-0.3, -0.25) is 0 Å². The van der Waals surface area contributed by atoms with Crippen molar-refractivity contribution in [2.75, 3.05) is 6.54 Å². The van der Waals surface area contributed by atoms with Gasteiger partial charge in [-0.25, -0.2) is 13.2 Å². The molecule has 0 aromatic rings. The van der Waals surface area contributed by atoms with Gasteiger partial charge in [0.2, 0.25) is 9.05 Å². The predicted octanol–water partition coefficient (Wildman–Crippen LogP) is 1.86. The van der Waals surface area contributed by atoms with Crippen molar-refractivity contribution in [1.29, 1.82) is 0 Å². The lowest BCUT2D eigenvalue weighted by molar-refractivity contribution is 0.0527. The van der Waals surface area contributed by atoms with Crippen LogP contribution >= 0.6 is 10.7 Å². The highest BCUT2D eigenvalue weighted by atomic mass is 35.7. The summed E-state index contributed by atoms with van der Waals surface area (Å²) in [6.45, 7) is 6.94. The number of hydrogen-bond acceptors (Lipinski definition) is 4. The molecule has 0 aromatic heterocycles. The second-order valence-corrected chi connectivity index (χ2v) is 7.55. The lowest BCUT2D eigenvalue weighted by Gasteiger charge is -2.19. The summed E-state index contributed by atoms with van der Waals surface area (Å²) in [5.74, 6) is 0. The van der Waals surface area contributed by atoms with E-state index >= 15 is 0 Å². The van der Waals surface area contributed by atoms with Crippen LogP contribution in [0.2, 0.25) is 0 Å². The third-order valence-corrected chi connectivity index (χ3v) is 3.81. The Bertz CT molecular complexity index is 334. The zero-order valence-electron chi connectivity index (χ0n) is 9.91. The third-order valence-electron chi connectivity index (χ3n) is 1.70. The minimum absolute atomic E-state index is 0.210. The van der Waals surface area contributed by atoms with Gasteiger partial charge in [-0.1, -0.05) is 0 Å². The summed E-state index contributed by atoms with van der Waals surface area (Å²) in [4.78, 5) is 11.2. The molecule has 1 atom stereocenters. The number of rotatable bonds is 4. The van der Waals surface area contributed by atoms with Gasteiger partial charge in [0.1, 0.15) is 5.60 Å². The van der Waals surface area contributed by atoms with Crippen LogP contribution in [0.1, 0.15) is 34.1 Å². The lowest BCUT2D eigenvalue weighted by atomic mass is 10.2. The number of alkyl carbamates (subject to hydrolysis) is 1. The molecular formula is C9H18ClNO4S. The number of hydrogen-bond donors (Lipinski definition) is 1. The first-order valence-corrected chi connectivity index (χ1v) is 7.30. The smallest absolute Gasteiger partial charge is 0.407 e. The molecule has 0 aliphatic heterocycles. The van der Waals surface area contributed by atoms with Crippen molar-refractivity contribution in [3.8, 4) is 0 Å². The molecule has 0 saturated carbocycles. The van der Waals surface area contributed by atoms with Gasteiger partial charge in [0.05, 0.1) is 5.25 Å². The summed E-state index contributed by atoms with van der Waals surface area (Å²) < 4.78 is 26.7. The highest BCUT2D eigenvalue weighted by Crippen LogP contribution is 2.10. The van der Waals surface area contributed by atoms with Crippen LogP contribution < -0.4 is 5.32 Å². The summed E-state index contributed by atoms with van der Waals surface area (Å²) in [5, 5.41) is 1.77. The fraction of sp³-hybridized carbons (Fsp3) is 0.889. The summed E-state index contributed by atoms with van der Waals surface area (Å²) >= 11 is 0. The van der Waals surface area contributed by atoms with Crippen molar-refractivity contribution in [2.45, 2.75) is 45.0 Å². The quantitative estimate of drug-likeness (QED) is 0.792. The van der Waals surface area contributed by atoms with E-state index in [0.29, 0.717) is 0 Å². The second kappa shape index (κ2) is 5.72. The fourth-order valence-electron chi connectivity index (χ4n) is 0.832. The maximum absolute atomic E-state index is 11.2. The van der Waals surface area contributed by atoms with Gasteiger partial charge >= 0.3 is 6.09 Å². The summed E-state index contributed by atoms with van der Waals surface area (Å²) in [6, 6.07) is 0. The van der Waals surface area contributed by atoms with Gasteiger partial charge in [-0.05, 0) is 34.1 Å². The Hall–Kier alpha value is -0.490. The second-order valence-electron chi connectivity index (χ2n) is 4.50. The van der Waals surface area contributed by atoms with Gasteiger partial charge < -0.3 is 10.1 Å². The van der Waals surface area contributed by atoms with Crippen molar-refractivity contribution >= 4 is 25.8 Å². The van der Waals surface area contributed by atoms with Gasteiger partial charge in [0.25, 0.3) is 0 Å². The molecule has 5 nitrogen and oxygen atoms in total. The minimum Gasteiger partial charge on any atom is -0.444 e. The molecule has 0 aromatic carbocycles. The molecule has 7 heteroatoms. The Morgan fingerprint density at radius 1 is 1.44 bits per heavy atom. The summed E-state index contributed by atoms with van der Waals surface area (Å²) in [7, 11) is 1.58. The van der Waals surface area contributed by atoms with E-state index in [1.807, 2.05) is 0 Å². The molecule has 0 spiro atoms. The van der Waals surface area contributed by atoms with E-state index < -0.39 is 26.0 Å². The zero-order valence-corrected chi connectivity index (χ0v) is 11.5.